The van der Waals surface area contributed by atoms with Gasteiger partial charge in [-0.25, -0.2) is 9.07 Å². The van der Waals surface area contributed by atoms with E-state index in [1.807, 2.05) is 16.5 Å². The monoisotopic (exact) mass is 495 g/mol. The number of hydrogen-bond acceptors (Lipinski definition) is 6. The molecule has 0 radical (unpaired) electrons. The summed E-state index contributed by atoms with van der Waals surface area (Å²) in [6.07, 6.45) is 2.80. The lowest BCUT2D eigenvalue weighted by molar-refractivity contribution is 0.102. The first kappa shape index (κ1) is 23.9. The number of anilines is 2. The summed E-state index contributed by atoms with van der Waals surface area (Å²) in [5, 5.41) is 14.8. The number of aryl methyl sites for hydroxylation is 1. The summed E-state index contributed by atoms with van der Waals surface area (Å²) in [7, 11) is 0. The van der Waals surface area contributed by atoms with Gasteiger partial charge < -0.3 is 15.0 Å². The lowest BCUT2D eigenvalue weighted by atomic mass is 9.99. The number of hydrogen-bond donors (Lipinski definition) is 1. The molecule has 0 aliphatic carbocycles. The van der Waals surface area contributed by atoms with E-state index >= 15 is 0 Å². The van der Waals surface area contributed by atoms with E-state index in [1.54, 1.807) is 40.1 Å². The molecule has 1 N–H and O–H groups in total. The molecule has 1 fully saturated rings. The summed E-state index contributed by atoms with van der Waals surface area (Å²) in [6, 6.07) is 6.75. The second-order valence-corrected chi connectivity index (χ2v) is 9.79. The normalized spacial score (nSPS) is 14.4. The van der Waals surface area contributed by atoms with Crippen LogP contribution < -0.4 is 10.2 Å². The van der Waals surface area contributed by atoms with Crippen LogP contribution in [0, 0.1) is 18.7 Å². The Bertz CT molecular complexity index is 1450. The first-order valence-corrected chi connectivity index (χ1v) is 11.7. The Morgan fingerprint density at radius 1 is 1.11 bits per heavy atom. The lowest BCUT2D eigenvalue weighted by Gasteiger charge is -2.29. The number of nitrogens with zero attached hydrogens (tertiary/aromatic N) is 6. The van der Waals surface area contributed by atoms with E-state index in [0.717, 1.165) is 22.3 Å². The van der Waals surface area contributed by atoms with Crippen molar-refractivity contribution >= 4 is 23.1 Å². The summed E-state index contributed by atoms with van der Waals surface area (Å²) < 4.78 is 38.3. The smallest absolute Gasteiger partial charge is 0.262 e. The number of ether oxygens (including phenoxy) is 1. The zero-order chi connectivity index (χ0) is 25.6. The number of halogens is 2. The van der Waals surface area contributed by atoms with Gasteiger partial charge in [-0.15, -0.1) is 10.2 Å². The predicted octanol–water partition coefficient (Wildman–Crippen LogP) is 4.02. The molecular formula is C25H27F2N7O2. The van der Waals surface area contributed by atoms with Crippen LogP contribution in [0.2, 0.25) is 0 Å². The van der Waals surface area contributed by atoms with Crippen LogP contribution in [-0.2, 0) is 10.3 Å². The molecule has 0 unspecified atom stereocenters. The van der Waals surface area contributed by atoms with Gasteiger partial charge in [0.1, 0.15) is 23.5 Å². The second-order valence-electron chi connectivity index (χ2n) is 9.79. The standard InChI is InChI=1S/C25H27F2N7O2/c1-15-9-19(26)20(30-24(35)18-13-29-34(23(18)27)25(2,3)4)12-17(15)16-10-21-31-28-14-33(21)22(11-16)32-5-7-36-8-6-32/h9-14H,5-8H2,1-4H3,(H,30,35). The fourth-order valence-electron chi connectivity index (χ4n) is 4.32. The second kappa shape index (κ2) is 8.98. The Kier molecular flexibility index (Phi) is 5.95. The third-order valence-corrected chi connectivity index (χ3v) is 6.19. The highest BCUT2D eigenvalue weighted by molar-refractivity contribution is 6.04. The highest BCUT2D eigenvalue weighted by Gasteiger charge is 2.25. The molecule has 0 bridgehead atoms. The number of benzene rings is 1. The van der Waals surface area contributed by atoms with Crippen molar-refractivity contribution in [2.75, 3.05) is 36.5 Å². The maximum atomic E-state index is 14.9. The van der Waals surface area contributed by atoms with Crippen LogP contribution in [0.25, 0.3) is 16.8 Å². The number of amides is 1. The van der Waals surface area contributed by atoms with Crippen LogP contribution >= 0.6 is 0 Å². The topological polar surface area (TPSA) is 89.6 Å². The fraction of sp³-hybridized carbons (Fsp3) is 0.360. The van der Waals surface area contributed by atoms with Gasteiger partial charge in [-0.05, 0) is 68.7 Å². The molecule has 0 spiro atoms. The molecule has 9 nitrogen and oxygen atoms in total. The number of fused-ring (bicyclic) bond motifs is 1. The molecule has 1 aromatic carbocycles. The van der Waals surface area contributed by atoms with Crippen LogP contribution in [0.5, 0.6) is 0 Å². The maximum absolute atomic E-state index is 14.9. The molecule has 1 amide bonds. The Balaban J connectivity index is 1.52. The molecule has 0 atom stereocenters. The molecule has 1 aliphatic heterocycles. The van der Waals surface area contributed by atoms with E-state index in [2.05, 4.69) is 25.5 Å². The molecule has 0 saturated carbocycles. The van der Waals surface area contributed by atoms with E-state index in [1.165, 1.54) is 6.07 Å². The molecule has 1 aliphatic rings. The minimum atomic E-state index is -0.779. The van der Waals surface area contributed by atoms with Crippen LogP contribution in [-0.4, -0.2) is 56.6 Å². The van der Waals surface area contributed by atoms with Gasteiger partial charge in [0, 0.05) is 13.1 Å². The van der Waals surface area contributed by atoms with Crippen molar-refractivity contribution < 1.29 is 18.3 Å². The molecule has 11 heteroatoms. The summed E-state index contributed by atoms with van der Waals surface area (Å²) in [4.78, 5) is 15.0. The zero-order valence-corrected chi connectivity index (χ0v) is 20.5. The third kappa shape index (κ3) is 4.30. The number of carbonyl (C=O) groups excluding carboxylic acids is 1. The van der Waals surface area contributed by atoms with Gasteiger partial charge in [-0.3, -0.25) is 9.20 Å². The van der Waals surface area contributed by atoms with Crippen molar-refractivity contribution in [1.82, 2.24) is 24.4 Å². The quantitative estimate of drug-likeness (QED) is 0.460. The number of pyridine rings is 1. The summed E-state index contributed by atoms with van der Waals surface area (Å²) in [5.41, 5.74) is 1.84. The van der Waals surface area contributed by atoms with Crippen molar-refractivity contribution in [3.8, 4) is 11.1 Å². The summed E-state index contributed by atoms with van der Waals surface area (Å²) in [6.45, 7) is 9.77. The number of carbonyl (C=O) groups is 1. The van der Waals surface area contributed by atoms with E-state index in [4.69, 9.17) is 4.74 Å². The van der Waals surface area contributed by atoms with Crippen molar-refractivity contribution in [3.05, 3.63) is 59.7 Å². The van der Waals surface area contributed by atoms with Crippen molar-refractivity contribution in [3.63, 3.8) is 0 Å². The number of nitrogens with one attached hydrogen (secondary N) is 1. The molecule has 4 aromatic rings. The van der Waals surface area contributed by atoms with Gasteiger partial charge in [0.05, 0.1) is 30.6 Å². The first-order chi connectivity index (χ1) is 17.1. The minimum absolute atomic E-state index is 0.0576. The Morgan fingerprint density at radius 2 is 1.86 bits per heavy atom. The van der Waals surface area contributed by atoms with Gasteiger partial charge >= 0.3 is 0 Å². The third-order valence-electron chi connectivity index (χ3n) is 6.19. The molecule has 1 saturated heterocycles. The largest absolute Gasteiger partial charge is 0.378 e. The van der Waals surface area contributed by atoms with Crippen LogP contribution in [0.4, 0.5) is 20.3 Å². The Labute approximate surface area is 206 Å². The van der Waals surface area contributed by atoms with E-state index in [9.17, 15) is 13.6 Å². The fourth-order valence-corrected chi connectivity index (χ4v) is 4.32. The lowest BCUT2D eigenvalue weighted by Crippen LogP contribution is -2.37. The maximum Gasteiger partial charge on any atom is 0.262 e. The van der Waals surface area contributed by atoms with Gasteiger partial charge in [-0.2, -0.15) is 9.49 Å². The van der Waals surface area contributed by atoms with Crippen LogP contribution in [0.15, 0.2) is 36.8 Å². The molecule has 4 heterocycles. The van der Waals surface area contributed by atoms with E-state index < -0.39 is 23.2 Å². The van der Waals surface area contributed by atoms with Gasteiger partial charge in [0.15, 0.2) is 5.65 Å². The van der Waals surface area contributed by atoms with Crippen molar-refractivity contribution in [2.24, 2.45) is 0 Å². The van der Waals surface area contributed by atoms with Crippen molar-refractivity contribution in [1.29, 1.82) is 0 Å². The Morgan fingerprint density at radius 3 is 2.56 bits per heavy atom. The average molecular weight is 496 g/mol. The number of aromatic nitrogens is 5. The van der Waals surface area contributed by atoms with E-state index in [0.29, 0.717) is 43.1 Å². The van der Waals surface area contributed by atoms with Crippen LogP contribution in [0.3, 0.4) is 0 Å². The minimum Gasteiger partial charge on any atom is -0.378 e. The Hall–Kier alpha value is -3.86. The molecular weight excluding hydrogens is 468 g/mol. The summed E-state index contributed by atoms with van der Waals surface area (Å²) in [5.74, 6) is -1.29. The molecule has 36 heavy (non-hydrogen) atoms. The van der Waals surface area contributed by atoms with E-state index in [-0.39, 0.29) is 11.3 Å². The molecule has 188 valence electrons. The molecule has 5 rings (SSSR count). The van der Waals surface area contributed by atoms with Gasteiger partial charge in [0.2, 0.25) is 5.95 Å². The van der Waals surface area contributed by atoms with Gasteiger partial charge in [0.25, 0.3) is 5.91 Å². The number of morpholine rings is 1. The predicted molar refractivity (Wildman–Crippen MR) is 131 cm³/mol. The summed E-state index contributed by atoms with van der Waals surface area (Å²) >= 11 is 0. The highest BCUT2D eigenvalue weighted by atomic mass is 19.1. The molecule has 3 aromatic heterocycles. The van der Waals surface area contributed by atoms with Crippen molar-refractivity contribution in [2.45, 2.75) is 33.2 Å². The SMILES string of the molecule is Cc1cc(F)c(NC(=O)c2cnn(C(C)(C)C)c2F)cc1-c1cc(N2CCOCC2)n2cnnc2c1. The number of rotatable bonds is 4. The zero-order valence-electron chi connectivity index (χ0n) is 20.5. The van der Waals surface area contributed by atoms with Gasteiger partial charge in [-0.1, -0.05) is 0 Å². The van der Waals surface area contributed by atoms with Crippen LogP contribution in [0.1, 0.15) is 36.7 Å². The average Bonchev–Trinajstić information content (AvgIpc) is 3.47. The first-order valence-electron chi connectivity index (χ1n) is 11.7. The highest BCUT2D eigenvalue weighted by Crippen LogP contribution is 2.33.